The van der Waals surface area contributed by atoms with Gasteiger partial charge in [0.15, 0.2) is 0 Å². The molecule has 148 valence electrons. The Hall–Kier alpha value is -2.77. The van der Waals surface area contributed by atoms with Gasteiger partial charge in [-0.3, -0.25) is 14.2 Å². The summed E-state index contributed by atoms with van der Waals surface area (Å²) in [7, 11) is 0. The zero-order valence-electron chi connectivity index (χ0n) is 16.5. The van der Waals surface area contributed by atoms with Gasteiger partial charge in [-0.15, -0.1) is 22.7 Å². The van der Waals surface area contributed by atoms with E-state index >= 15 is 0 Å². The van der Waals surface area contributed by atoms with Crippen molar-refractivity contribution in [2.75, 3.05) is 11.4 Å². The lowest BCUT2D eigenvalue weighted by Gasteiger charge is -2.23. The van der Waals surface area contributed by atoms with Crippen molar-refractivity contribution in [3.05, 3.63) is 68.9 Å². The molecule has 0 aliphatic carbocycles. The lowest BCUT2D eigenvalue weighted by atomic mass is 10.2. The normalized spacial score (nSPS) is 11.1. The van der Waals surface area contributed by atoms with E-state index in [4.69, 9.17) is 0 Å². The Morgan fingerprint density at radius 1 is 1.17 bits per heavy atom. The molecule has 0 N–H and O–H groups in total. The third-order valence-corrected chi connectivity index (χ3v) is 6.82. The average Bonchev–Trinajstić information content (AvgIpc) is 3.32. The molecule has 3 aromatic heterocycles. The van der Waals surface area contributed by atoms with Crippen LogP contribution in [0, 0.1) is 13.8 Å². The standard InChI is InChI=1S/C22H21N3O2S2/c1-4-25(17-8-6-5-7-14(17)2)19(26)11-24-13-23-21-20(22(24)27)16(12-28-21)18-10-9-15(3)29-18/h5-10,12-13H,4,11H2,1-3H3. The van der Waals surface area contributed by atoms with Gasteiger partial charge in [0.25, 0.3) is 5.56 Å². The number of aromatic nitrogens is 2. The Labute approximate surface area is 176 Å². The molecular weight excluding hydrogens is 402 g/mol. The van der Waals surface area contributed by atoms with Gasteiger partial charge in [-0.05, 0) is 44.5 Å². The number of likely N-dealkylation sites (N-methyl/N-ethyl adjacent to an activating group) is 1. The summed E-state index contributed by atoms with van der Waals surface area (Å²) in [6.07, 6.45) is 1.48. The van der Waals surface area contributed by atoms with E-state index in [1.807, 2.05) is 62.5 Å². The predicted molar refractivity (Wildman–Crippen MR) is 121 cm³/mol. The van der Waals surface area contributed by atoms with E-state index in [1.165, 1.54) is 27.1 Å². The number of aryl methyl sites for hydroxylation is 2. The number of thiophene rings is 2. The molecule has 4 aromatic rings. The highest BCUT2D eigenvalue weighted by Gasteiger charge is 2.19. The SMILES string of the molecule is CCN(C(=O)Cn1cnc2scc(-c3ccc(C)s3)c2c1=O)c1ccccc1C. The molecule has 1 amide bonds. The fourth-order valence-electron chi connectivity index (χ4n) is 3.42. The van der Waals surface area contributed by atoms with Crippen molar-refractivity contribution < 1.29 is 4.79 Å². The molecule has 0 radical (unpaired) electrons. The summed E-state index contributed by atoms with van der Waals surface area (Å²) in [6, 6.07) is 11.8. The van der Waals surface area contributed by atoms with E-state index in [-0.39, 0.29) is 18.0 Å². The average molecular weight is 424 g/mol. The molecule has 0 fully saturated rings. The molecule has 0 bridgehead atoms. The summed E-state index contributed by atoms with van der Waals surface area (Å²) in [5.74, 6) is -0.131. The molecule has 0 spiro atoms. The monoisotopic (exact) mass is 423 g/mol. The van der Waals surface area contributed by atoms with Crippen LogP contribution in [-0.2, 0) is 11.3 Å². The van der Waals surface area contributed by atoms with Crippen molar-refractivity contribution in [1.82, 2.24) is 9.55 Å². The molecule has 0 unspecified atom stereocenters. The lowest BCUT2D eigenvalue weighted by Crippen LogP contribution is -2.37. The van der Waals surface area contributed by atoms with Crippen LogP contribution in [0.2, 0.25) is 0 Å². The van der Waals surface area contributed by atoms with Crippen LogP contribution in [0.1, 0.15) is 17.4 Å². The molecule has 5 nitrogen and oxygen atoms in total. The number of anilines is 1. The minimum atomic E-state index is -0.175. The number of rotatable bonds is 5. The Bertz CT molecular complexity index is 1250. The fraction of sp³-hybridized carbons (Fsp3) is 0.227. The van der Waals surface area contributed by atoms with Crippen LogP contribution < -0.4 is 10.5 Å². The van der Waals surface area contributed by atoms with Crippen LogP contribution in [0.3, 0.4) is 0 Å². The van der Waals surface area contributed by atoms with Gasteiger partial charge in [0.2, 0.25) is 5.91 Å². The summed E-state index contributed by atoms with van der Waals surface area (Å²) >= 11 is 3.11. The van der Waals surface area contributed by atoms with Gasteiger partial charge in [0.05, 0.1) is 11.7 Å². The Morgan fingerprint density at radius 2 is 1.97 bits per heavy atom. The highest BCUT2D eigenvalue weighted by molar-refractivity contribution is 7.19. The number of fused-ring (bicyclic) bond motifs is 1. The van der Waals surface area contributed by atoms with Gasteiger partial charge < -0.3 is 4.90 Å². The number of carbonyl (C=O) groups excluding carboxylic acids is 1. The molecule has 0 saturated carbocycles. The first-order valence-electron chi connectivity index (χ1n) is 9.39. The first-order chi connectivity index (χ1) is 14.0. The quantitative estimate of drug-likeness (QED) is 0.461. The van der Waals surface area contributed by atoms with Crippen molar-refractivity contribution >= 4 is 44.5 Å². The maximum atomic E-state index is 13.2. The van der Waals surface area contributed by atoms with Crippen molar-refractivity contribution in [2.45, 2.75) is 27.3 Å². The maximum absolute atomic E-state index is 13.2. The molecule has 4 rings (SSSR count). The number of nitrogens with zero attached hydrogens (tertiary/aromatic N) is 3. The summed E-state index contributed by atoms with van der Waals surface area (Å²) in [5.41, 5.74) is 2.62. The maximum Gasteiger partial charge on any atom is 0.263 e. The van der Waals surface area contributed by atoms with E-state index in [1.54, 1.807) is 16.2 Å². The molecule has 3 heterocycles. The lowest BCUT2D eigenvalue weighted by molar-refractivity contribution is -0.119. The van der Waals surface area contributed by atoms with E-state index in [0.717, 1.165) is 21.7 Å². The third-order valence-electron chi connectivity index (χ3n) is 4.90. The van der Waals surface area contributed by atoms with Crippen LogP contribution in [0.25, 0.3) is 20.7 Å². The Morgan fingerprint density at radius 3 is 2.66 bits per heavy atom. The highest BCUT2D eigenvalue weighted by atomic mass is 32.1. The molecule has 29 heavy (non-hydrogen) atoms. The van der Waals surface area contributed by atoms with Gasteiger partial charge in [-0.25, -0.2) is 4.98 Å². The molecule has 1 aromatic carbocycles. The van der Waals surface area contributed by atoms with Gasteiger partial charge in [-0.1, -0.05) is 18.2 Å². The zero-order chi connectivity index (χ0) is 20.5. The smallest absolute Gasteiger partial charge is 0.263 e. The van der Waals surface area contributed by atoms with Crippen molar-refractivity contribution in [3.8, 4) is 10.4 Å². The van der Waals surface area contributed by atoms with Crippen LogP contribution >= 0.6 is 22.7 Å². The summed E-state index contributed by atoms with van der Waals surface area (Å²) < 4.78 is 1.42. The first-order valence-corrected chi connectivity index (χ1v) is 11.1. The first kappa shape index (κ1) is 19.5. The van der Waals surface area contributed by atoms with Crippen molar-refractivity contribution in [1.29, 1.82) is 0 Å². The van der Waals surface area contributed by atoms with Crippen molar-refractivity contribution in [2.24, 2.45) is 0 Å². The number of hydrogen-bond acceptors (Lipinski definition) is 5. The molecule has 7 heteroatoms. The number of carbonyl (C=O) groups is 1. The second-order valence-corrected chi connectivity index (χ2v) is 8.99. The third kappa shape index (κ3) is 3.63. The predicted octanol–water partition coefficient (Wildman–Crippen LogP) is 4.86. The zero-order valence-corrected chi connectivity index (χ0v) is 18.1. The Balaban J connectivity index is 1.71. The minimum absolute atomic E-state index is 0.0390. The van der Waals surface area contributed by atoms with Crippen LogP contribution in [0.5, 0.6) is 0 Å². The Kier molecular flexibility index (Phi) is 5.34. The minimum Gasteiger partial charge on any atom is -0.311 e. The van der Waals surface area contributed by atoms with Crippen LogP contribution in [0.15, 0.2) is 52.9 Å². The number of benzene rings is 1. The van der Waals surface area contributed by atoms with Crippen LogP contribution in [0.4, 0.5) is 5.69 Å². The van der Waals surface area contributed by atoms with E-state index in [2.05, 4.69) is 4.98 Å². The van der Waals surface area contributed by atoms with Crippen LogP contribution in [-0.4, -0.2) is 22.0 Å². The molecular formula is C22H21N3O2S2. The van der Waals surface area contributed by atoms with Crippen molar-refractivity contribution in [3.63, 3.8) is 0 Å². The van der Waals surface area contributed by atoms with Gasteiger partial charge in [0, 0.05) is 32.9 Å². The highest BCUT2D eigenvalue weighted by Crippen LogP contribution is 2.34. The fourth-order valence-corrected chi connectivity index (χ4v) is 5.28. The summed E-state index contributed by atoms with van der Waals surface area (Å²) in [5, 5.41) is 2.56. The largest absolute Gasteiger partial charge is 0.311 e. The number of amides is 1. The van der Waals surface area contributed by atoms with E-state index < -0.39 is 0 Å². The number of hydrogen-bond donors (Lipinski definition) is 0. The number of para-hydroxylation sites is 1. The van der Waals surface area contributed by atoms with E-state index in [9.17, 15) is 9.59 Å². The van der Waals surface area contributed by atoms with Gasteiger partial charge in [-0.2, -0.15) is 0 Å². The topological polar surface area (TPSA) is 55.2 Å². The molecule has 0 atom stereocenters. The van der Waals surface area contributed by atoms with Gasteiger partial charge in [0.1, 0.15) is 11.4 Å². The molecule has 0 aliphatic rings. The summed E-state index contributed by atoms with van der Waals surface area (Å²) in [6.45, 7) is 6.45. The second kappa shape index (κ2) is 7.93. The second-order valence-electron chi connectivity index (χ2n) is 6.84. The molecule has 0 aliphatic heterocycles. The van der Waals surface area contributed by atoms with E-state index in [0.29, 0.717) is 16.8 Å². The molecule has 0 saturated heterocycles. The van der Waals surface area contributed by atoms with Gasteiger partial charge >= 0.3 is 0 Å². The summed E-state index contributed by atoms with van der Waals surface area (Å²) in [4.78, 5) is 35.3.